The van der Waals surface area contributed by atoms with Crippen molar-refractivity contribution in [3.05, 3.63) is 12.2 Å². The summed E-state index contributed by atoms with van der Waals surface area (Å²) in [4.78, 5) is 11.8. The average molecular weight is 305 g/mol. The summed E-state index contributed by atoms with van der Waals surface area (Å²) in [5, 5.41) is 0. The Morgan fingerprint density at radius 3 is 2.15 bits per heavy atom. The van der Waals surface area contributed by atoms with Gasteiger partial charge in [0.1, 0.15) is 6.10 Å². The molecule has 0 amide bonds. The molecule has 0 saturated heterocycles. The fraction of sp³-hybridized carbons (Fsp3) is 0.769. The molecule has 0 aromatic rings. The van der Waals surface area contributed by atoms with Gasteiger partial charge in [0.15, 0.2) is 0 Å². The van der Waals surface area contributed by atoms with Crippen molar-refractivity contribution in [1.29, 1.82) is 0 Å². The highest BCUT2D eigenvalue weighted by Gasteiger charge is 2.28. The van der Waals surface area contributed by atoms with Crippen molar-refractivity contribution < 1.29 is 22.1 Å². The summed E-state index contributed by atoms with van der Waals surface area (Å²) in [7, 11) is -2.35. The van der Waals surface area contributed by atoms with Crippen LogP contribution in [0.5, 0.6) is 0 Å². The van der Waals surface area contributed by atoms with Crippen LogP contribution in [0, 0.1) is 5.92 Å². The lowest BCUT2D eigenvalue weighted by Gasteiger charge is -2.28. The maximum atomic E-state index is 11.8. The van der Waals surface area contributed by atoms with Crippen molar-refractivity contribution >= 4 is 16.3 Å². The van der Waals surface area contributed by atoms with E-state index in [2.05, 4.69) is 11.3 Å². The number of ether oxygens (including phenoxy) is 1. The van der Waals surface area contributed by atoms with Crippen molar-refractivity contribution in [2.45, 2.75) is 51.7 Å². The first kappa shape index (κ1) is 17.1. The molecule has 0 unspecified atom stereocenters. The maximum Gasteiger partial charge on any atom is 0.335 e. The van der Waals surface area contributed by atoms with E-state index in [-0.39, 0.29) is 24.1 Å². The Morgan fingerprint density at radius 2 is 1.70 bits per heavy atom. The molecule has 1 saturated carbocycles. The fourth-order valence-corrected chi connectivity index (χ4v) is 2.58. The van der Waals surface area contributed by atoms with Crippen LogP contribution in [-0.2, 0) is 24.0 Å². The van der Waals surface area contributed by atoms with Crippen LogP contribution in [0.4, 0.5) is 0 Å². The van der Waals surface area contributed by atoms with Gasteiger partial charge in [0, 0.05) is 12.6 Å². The van der Waals surface area contributed by atoms with Crippen molar-refractivity contribution in [3.63, 3.8) is 0 Å². The van der Waals surface area contributed by atoms with E-state index in [0.29, 0.717) is 31.3 Å². The average Bonchev–Trinajstić information content (AvgIpc) is 2.39. The highest BCUT2D eigenvalue weighted by molar-refractivity contribution is 7.84. The zero-order valence-electron chi connectivity index (χ0n) is 12.2. The molecule has 0 aliphatic heterocycles. The molecular formula is C13H23NO5S. The minimum atomic E-state index is -3.66. The van der Waals surface area contributed by atoms with Gasteiger partial charge in [-0.1, -0.05) is 20.4 Å². The minimum absolute atomic E-state index is 0.0583. The van der Waals surface area contributed by atoms with E-state index in [0.717, 1.165) is 0 Å². The summed E-state index contributed by atoms with van der Waals surface area (Å²) < 4.78 is 35.0. The predicted molar refractivity (Wildman–Crippen MR) is 75.2 cm³/mol. The lowest BCUT2D eigenvalue weighted by molar-refractivity contribution is -0.147. The summed E-state index contributed by atoms with van der Waals surface area (Å²) >= 11 is 0. The van der Waals surface area contributed by atoms with Gasteiger partial charge in [-0.2, -0.15) is 13.1 Å². The highest BCUT2D eigenvalue weighted by Crippen LogP contribution is 2.25. The van der Waals surface area contributed by atoms with Crippen molar-refractivity contribution in [3.8, 4) is 0 Å². The standard InChI is InChI=1S/C13H23NO5S/c1-9(2)10(3)13(15)18-11-5-7-12(8-6-11)19-20(16,17)14-4/h9,11-12,14H,3,5-8H2,1-2,4H3. The maximum absolute atomic E-state index is 11.8. The van der Waals surface area contributed by atoms with Crippen molar-refractivity contribution in [1.82, 2.24) is 4.72 Å². The van der Waals surface area contributed by atoms with E-state index >= 15 is 0 Å². The van der Waals surface area contributed by atoms with Gasteiger partial charge in [-0.05, 0) is 31.6 Å². The van der Waals surface area contributed by atoms with E-state index in [1.807, 2.05) is 13.8 Å². The van der Waals surface area contributed by atoms with Gasteiger partial charge >= 0.3 is 16.3 Å². The Kier molecular flexibility index (Phi) is 6.16. The van der Waals surface area contributed by atoms with Crippen LogP contribution in [0.3, 0.4) is 0 Å². The zero-order valence-corrected chi connectivity index (χ0v) is 13.0. The number of esters is 1. The Hall–Kier alpha value is -0.920. The quantitative estimate of drug-likeness (QED) is 0.594. The SMILES string of the molecule is C=C(C(=O)OC1CCC(OS(=O)(=O)NC)CC1)C(C)C. The highest BCUT2D eigenvalue weighted by atomic mass is 32.2. The van der Waals surface area contributed by atoms with E-state index in [1.165, 1.54) is 7.05 Å². The van der Waals surface area contributed by atoms with Gasteiger partial charge in [0.2, 0.25) is 0 Å². The normalized spacial score (nSPS) is 23.6. The third-order valence-electron chi connectivity index (χ3n) is 3.37. The molecule has 0 spiro atoms. The molecule has 6 nitrogen and oxygen atoms in total. The summed E-state index contributed by atoms with van der Waals surface area (Å²) in [5.74, 6) is -0.310. The Bertz CT molecular complexity index is 449. The molecule has 116 valence electrons. The fourth-order valence-electron chi connectivity index (χ4n) is 1.94. The van der Waals surface area contributed by atoms with E-state index < -0.39 is 10.3 Å². The number of carbonyl (C=O) groups excluding carboxylic acids is 1. The van der Waals surface area contributed by atoms with Crippen LogP contribution in [0.15, 0.2) is 12.2 Å². The third kappa shape index (κ3) is 5.22. The molecule has 1 N–H and O–H groups in total. The molecular weight excluding hydrogens is 282 g/mol. The molecule has 0 aromatic heterocycles. The number of nitrogens with one attached hydrogen (secondary N) is 1. The first-order valence-electron chi connectivity index (χ1n) is 6.76. The van der Waals surface area contributed by atoms with Crippen LogP contribution in [0.25, 0.3) is 0 Å². The van der Waals surface area contributed by atoms with Crippen LogP contribution in [-0.4, -0.2) is 33.6 Å². The second-order valence-electron chi connectivity index (χ2n) is 5.24. The first-order chi connectivity index (χ1) is 9.25. The van der Waals surface area contributed by atoms with Crippen molar-refractivity contribution in [2.75, 3.05) is 7.05 Å². The monoisotopic (exact) mass is 305 g/mol. The summed E-state index contributed by atoms with van der Waals surface area (Å²) in [6.07, 6.45) is 1.76. The largest absolute Gasteiger partial charge is 0.459 e. The molecule has 1 aliphatic carbocycles. The van der Waals surface area contributed by atoms with E-state index in [4.69, 9.17) is 8.92 Å². The van der Waals surface area contributed by atoms with Gasteiger partial charge in [-0.3, -0.25) is 4.18 Å². The number of carbonyl (C=O) groups is 1. The molecule has 0 heterocycles. The van der Waals surface area contributed by atoms with Crippen LogP contribution >= 0.6 is 0 Å². The third-order valence-corrected chi connectivity index (χ3v) is 4.39. The molecule has 0 atom stereocenters. The summed E-state index contributed by atoms with van der Waals surface area (Å²) in [6, 6.07) is 0. The van der Waals surface area contributed by atoms with E-state index in [1.54, 1.807) is 0 Å². The van der Waals surface area contributed by atoms with Crippen LogP contribution in [0.2, 0.25) is 0 Å². The molecule has 20 heavy (non-hydrogen) atoms. The lowest BCUT2D eigenvalue weighted by Crippen LogP contribution is -2.33. The number of hydrogen-bond acceptors (Lipinski definition) is 5. The van der Waals surface area contributed by atoms with Gasteiger partial charge in [0.25, 0.3) is 0 Å². The lowest BCUT2D eigenvalue weighted by atomic mass is 9.95. The molecule has 7 heteroatoms. The van der Waals surface area contributed by atoms with Gasteiger partial charge in [0.05, 0.1) is 6.10 Å². The first-order valence-corrected chi connectivity index (χ1v) is 8.17. The second-order valence-corrected chi connectivity index (χ2v) is 6.75. The Balaban J connectivity index is 2.40. The number of hydrogen-bond donors (Lipinski definition) is 1. The molecule has 1 fully saturated rings. The topological polar surface area (TPSA) is 81.7 Å². The summed E-state index contributed by atoms with van der Waals surface area (Å²) in [6.45, 7) is 7.48. The molecule has 0 aromatic carbocycles. The Morgan fingerprint density at radius 1 is 1.20 bits per heavy atom. The van der Waals surface area contributed by atoms with Crippen LogP contribution in [0.1, 0.15) is 39.5 Å². The smallest absolute Gasteiger partial charge is 0.335 e. The number of rotatable bonds is 6. The zero-order chi connectivity index (χ0) is 15.3. The molecule has 0 bridgehead atoms. The van der Waals surface area contributed by atoms with Crippen molar-refractivity contribution in [2.24, 2.45) is 5.92 Å². The van der Waals surface area contributed by atoms with Crippen LogP contribution < -0.4 is 4.72 Å². The van der Waals surface area contributed by atoms with Gasteiger partial charge < -0.3 is 4.74 Å². The second kappa shape index (κ2) is 7.19. The minimum Gasteiger partial charge on any atom is -0.459 e. The van der Waals surface area contributed by atoms with E-state index in [9.17, 15) is 13.2 Å². The van der Waals surface area contributed by atoms with Gasteiger partial charge in [-0.15, -0.1) is 0 Å². The predicted octanol–water partition coefficient (Wildman–Crippen LogP) is 1.53. The molecule has 0 radical (unpaired) electrons. The molecule has 1 rings (SSSR count). The summed E-state index contributed by atoms with van der Waals surface area (Å²) in [5.41, 5.74) is 0.459. The Labute approximate surface area is 120 Å². The molecule has 1 aliphatic rings. The van der Waals surface area contributed by atoms with Gasteiger partial charge in [-0.25, -0.2) is 4.79 Å².